The van der Waals surface area contributed by atoms with Gasteiger partial charge in [-0.15, -0.1) is 0 Å². The molecule has 1 saturated heterocycles. The molecule has 1 amide bonds. The highest BCUT2D eigenvalue weighted by Gasteiger charge is 2.33. The molecule has 2 N–H and O–H groups in total. The number of hydrogen-bond donors (Lipinski definition) is 2. The Labute approximate surface area is 191 Å². The van der Waals surface area contributed by atoms with Gasteiger partial charge in [0, 0.05) is 13.1 Å². The Bertz CT molecular complexity index is 1370. The summed E-state index contributed by atoms with van der Waals surface area (Å²) in [5.41, 5.74) is 0.0834. The van der Waals surface area contributed by atoms with Crippen LogP contribution < -0.4 is 15.8 Å². The molecule has 1 aliphatic heterocycles. The van der Waals surface area contributed by atoms with Crippen LogP contribution in [0.3, 0.4) is 0 Å². The standard InChI is InChI=1S/C23H19F2N5O2S/c24-14-8-4-9-15(25)17(14)19-28-21(32)18-22(29-19)33-23(27-18)30-11-5-10-16(30)20(31)26-12-13-6-2-1-3-7-13/h1-4,6-9,16H,5,10-12H2,(H,26,31)(H,28,29,32). The molecule has 0 radical (unpaired) electrons. The third-order valence-electron chi connectivity index (χ3n) is 5.57. The number of aromatic nitrogens is 3. The van der Waals surface area contributed by atoms with E-state index in [1.165, 1.54) is 6.07 Å². The molecule has 0 spiro atoms. The Balaban J connectivity index is 1.43. The zero-order valence-electron chi connectivity index (χ0n) is 17.3. The molecule has 10 heteroatoms. The normalized spacial score (nSPS) is 15.8. The van der Waals surface area contributed by atoms with Crippen LogP contribution in [0.25, 0.3) is 21.7 Å². The molecule has 4 aromatic rings. The van der Waals surface area contributed by atoms with Crippen molar-refractivity contribution in [1.82, 2.24) is 20.3 Å². The molecule has 1 aliphatic rings. The van der Waals surface area contributed by atoms with E-state index < -0.39 is 28.8 Å². The highest BCUT2D eigenvalue weighted by atomic mass is 32.1. The summed E-state index contributed by atoms with van der Waals surface area (Å²) in [5.74, 6) is -1.96. The zero-order chi connectivity index (χ0) is 22.9. The van der Waals surface area contributed by atoms with E-state index in [9.17, 15) is 18.4 Å². The molecule has 1 unspecified atom stereocenters. The number of anilines is 1. The lowest BCUT2D eigenvalue weighted by Gasteiger charge is -2.23. The van der Waals surface area contributed by atoms with Gasteiger partial charge in [-0.1, -0.05) is 47.7 Å². The first kappa shape index (κ1) is 21.2. The fourth-order valence-corrected chi connectivity index (χ4v) is 4.97. The summed E-state index contributed by atoms with van der Waals surface area (Å²) < 4.78 is 28.4. The lowest BCUT2D eigenvalue weighted by atomic mass is 10.2. The van der Waals surface area contributed by atoms with Crippen molar-refractivity contribution in [2.45, 2.75) is 25.4 Å². The van der Waals surface area contributed by atoms with Crippen molar-refractivity contribution in [3.05, 3.63) is 76.1 Å². The molecule has 1 atom stereocenters. The summed E-state index contributed by atoms with van der Waals surface area (Å²) in [6.07, 6.45) is 1.46. The number of halogens is 2. The molecular formula is C23H19F2N5O2S. The van der Waals surface area contributed by atoms with Gasteiger partial charge in [0.05, 0.1) is 5.56 Å². The van der Waals surface area contributed by atoms with Gasteiger partial charge in [0.2, 0.25) is 5.91 Å². The Morgan fingerprint density at radius 2 is 1.88 bits per heavy atom. The third-order valence-corrected chi connectivity index (χ3v) is 6.55. The summed E-state index contributed by atoms with van der Waals surface area (Å²) in [5, 5.41) is 3.44. The zero-order valence-corrected chi connectivity index (χ0v) is 18.2. The van der Waals surface area contributed by atoms with Crippen molar-refractivity contribution < 1.29 is 13.6 Å². The number of amides is 1. The second-order valence-corrected chi connectivity index (χ2v) is 8.67. The minimum atomic E-state index is -0.822. The Morgan fingerprint density at radius 1 is 1.12 bits per heavy atom. The monoisotopic (exact) mass is 467 g/mol. The van der Waals surface area contributed by atoms with E-state index in [-0.39, 0.29) is 22.1 Å². The van der Waals surface area contributed by atoms with Crippen LogP contribution in [-0.2, 0) is 11.3 Å². The molecule has 0 saturated carbocycles. The number of aromatic amines is 1. The number of benzene rings is 2. The molecule has 168 valence electrons. The van der Waals surface area contributed by atoms with Gasteiger partial charge in [0.1, 0.15) is 23.5 Å². The number of carbonyl (C=O) groups is 1. The van der Waals surface area contributed by atoms with Gasteiger partial charge < -0.3 is 15.2 Å². The summed E-state index contributed by atoms with van der Waals surface area (Å²) in [6.45, 7) is 1.03. The van der Waals surface area contributed by atoms with Gasteiger partial charge in [-0.2, -0.15) is 0 Å². The van der Waals surface area contributed by atoms with Crippen molar-refractivity contribution >= 4 is 32.7 Å². The van der Waals surface area contributed by atoms with Crippen LogP contribution in [-0.4, -0.2) is 33.4 Å². The van der Waals surface area contributed by atoms with Crippen LogP contribution in [0.2, 0.25) is 0 Å². The van der Waals surface area contributed by atoms with E-state index in [1.807, 2.05) is 35.2 Å². The van der Waals surface area contributed by atoms with Crippen LogP contribution in [0.5, 0.6) is 0 Å². The number of carbonyl (C=O) groups excluding carboxylic acids is 1. The minimum absolute atomic E-state index is 0.0749. The van der Waals surface area contributed by atoms with Gasteiger partial charge in [-0.25, -0.2) is 18.7 Å². The Morgan fingerprint density at radius 3 is 2.64 bits per heavy atom. The summed E-state index contributed by atoms with van der Waals surface area (Å²) in [4.78, 5) is 38.6. The Kier molecular flexibility index (Phi) is 5.59. The van der Waals surface area contributed by atoms with E-state index >= 15 is 0 Å². The lowest BCUT2D eigenvalue weighted by Crippen LogP contribution is -2.43. The van der Waals surface area contributed by atoms with Crippen LogP contribution in [0.4, 0.5) is 13.9 Å². The van der Waals surface area contributed by atoms with Crippen LogP contribution in [0.15, 0.2) is 53.3 Å². The number of nitrogens with one attached hydrogen (secondary N) is 2. The van der Waals surface area contributed by atoms with Gasteiger partial charge in [-0.05, 0) is 30.5 Å². The van der Waals surface area contributed by atoms with Crippen molar-refractivity contribution in [2.75, 3.05) is 11.4 Å². The van der Waals surface area contributed by atoms with Gasteiger partial charge in [0.15, 0.2) is 15.5 Å². The highest BCUT2D eigenvalue weighted by molar-refractivity contribution is 7.21. The first-order chi connectivity index (χ1) is 16.0. The highest BCUT2D eigenvalue weighted by Crippen LogP contribution is 2.32. The van der Waals surface area contributed by atoms with E-state index in [2.05, 4.69) is 20.3 Å². The van der Waals surface area contributed by atoms with Gasteiger partial charge in [0.25, 0.3) is 5.56 Å². The summed E-state index contributed by atoms with van der Waals surface area (Å²) >= 11 is 1.12. The number of nitrogens with zero attached hydrogens (tertiary/aromatic N) is 3. The fourth-order valence-electron chi connectivity index (χ4n) is 3.96. The van der Waals surface area contributed by atoms with Crippen molar-refractivity contribution in [2.24, 2.45) is 0 Å². The molecular weight excluding hydrogens is 448 g/mol. The molecule has 5 rings (SSSR count). The molecule has 0 bridgehead atoms. The fraction of sp³-hybridized carbons (Fsp3) is 0.217. The average Bonchev–Trinajstić information content (AvgIpc) is 3.45. The maximum atomic E-state index is 14.2. The molecule has 7 nitrogen and oxygen atoms in total. The number of thiazole rings is 1. The first-order valence-corrected chi connectivity index (χ1v) is 11.3. The molecule has 1 fully saturated rings. The van der Waals surface area contributed by atoms with Gasteiger partial charge in [-0.3, -0.25) is 9.59 Å². The summed E-state index contributed by atoms with van der Waals surface area (Å²) in [6, 6.07) is 12.6. The predicted molar refractivity (Wildman–Crippen MR) is 122 cm³/mol. The maximum Gasteiger partial charge on any atom is 0.278 e. The number of rotatable bonds is 5. The van der Waals surface area contributed by atoms with Crippen LogP contribution in [0.1, 0.15) is 18.4 Å². The van der Waals surface area contributed by atoms with Crippen LogP contribution in [0, 0.1) is 11.6 Å². The number of H-pyrrole nitrogens is 1. The maximum absolute atomic E-state index is 14.2. The second-order valence-electron chi connectivity index (χ2n) is 7.72. The lowest BCUT2D eigenvalue weighted by molar-refractivity contribution is -0.122. The topological polar surface area (TPSA) is 91.0 Å². The quantitative estimate of drug-likeness (QED) is 0.468. The van der Waals surface area contributed by atoms with Crippen LogP contribution >= 0.6 is 11.3 Å². The van der Waals surface area contributed by atoms with E-state index in [4.69, 9.17) is 0 Å². The first-order valence-electron chi connectivity index (χ1n) is 10.4. The largest absolute Gasteiger partial charge is 0.350 e. The van der Waals surface area contributed by atoms with E-state index in [0.29, 0.717) is 24.6 Å². The van der Waals surface area contributed by atoms with E-state index in [1.54, 1.807) is 0 Å². The smallest absolute Gasteiger partial charge is 0.278 e. The third kappa shape index (κ3) is 4.09. The van der Waals surface area contributed by atoms with E-state index in [0.717, 1.165) is 35.5 Å². The van der Waals surface area contributed by atoms with Crippen molar-refractivity contribution in [1.29, 1.82) is 0 Å². The molecule has 3 heterocycles. The Hall–Kier alpha value is -3.66. The number of hydrogen-bond acceptors (Lipinski definition) is 6. The molecule has 2 aromatic heterocycles. The van der Waals surface area contributed by atoms with Crippen molar-refractivity contribution in [3.63, 3.8) is 0 Å². The van der Waals surface area contributed by atoms with Gasteiger partial charge >= 0.3 is 0 Å². The molecule has 33 heavy (non-hydrogen) atoms. The molecule has 2 aromatic carbocycles. The average molecular weight is 468 g/mol. The predicted octanol–water partition coefficient (Wildman–Crippen LogP) is 3.61. The summed E-state index contributed by atoms with van der Waals surface area (Å²) in [7, 11) is 0. The SMILES string of the molecule is O=C(NCc1ccccc1)C1CCCN1c1nc2c(=O)[nH]c(-c3c(F)cccc3F)nc2s1. The second kappa shape index (κ2) is 8.70. The minimum Gasteiger partial charge on any atom is -0.350 e. The molecule has 0 aliphatic carbocycles. The number of fused-ring (bicyclic) bond motifs is 1. The van der Waals surface area contributed by atoms with Crippen molar-refractivity contribution in [3.8, 4) is 11.4 Å².